The van der Waals surface area contributed by atoms with E-state index in [4.69, 9.17) is 5.73 Å². The van der Waals surface area contributed by atoms with E-state index < -0.39 is 11.3 Å². The van der Waals surface area contributed by atoms with Gasteiger partial charge >= 0.3 is 0 Å². The largest absolute Gasteiger partial charge is 0.330 e. The molecular weight excluding hydrogens is 226 g/mol. The maximum atomic E-state index is 13.1. The van der Waals surface area contributed by atoms with E-state index in [1.165, 1.54) is 0 Å². The van der Waals surface area contributed by atoms with E-state index in [2.05, 4.69) is 10.1 Å². The van der Waals surface area contributed by atoms with Gasteiger partial charge in [0, 0.05) is 43.3 Å². The van der Waals surface area contributed by atoms with Gasteiger partial charge in [0.1, 0.15) is 0 Å². The molecule has 1 fully saturated rings. The van der Waals surface area contributed by atoms with Crippen molar-refractivity contribution in [3.05, 3.63) is 30.2 Å². The summed E-state index contributed by atoms with van der Waals surface area (Å²) in [7, 11) is 0. The van der Waals surface area contributed by atoms with Gasteiger partial charge in [-0.15, -0.1) is 0 Å². The first-order valence-corrected chi connectivity index (χ1v) is 5.43. The standard InChI is InChI=1S/C11H12F2N4/c12-11(13)5-10(6-11,7-14)8-3-15-9-1-2-16-17(9)4-8/h1-4H,5-7,14H2. The Balaban J connectivity index is 2.02. The molecule has 17 heavy (non-hydrogen) atoms. The first kappa shape index (κ1) is 10.6. The molecule has 0 aliphatic heterocycles. The van der Waals surface area contributed by atoms with Gasteiger partial charge in [0.2, 0.25) is 5.92 Å². The quantitative estimate of drug-likeness (QED) is 0.859. The zero-order valence-corrected chi connectivity index (χ0v) is 9.11. The number of alkyl halides is 2. The van der Waals surface area contributed by atoms with Crippen LogP contribution in [0.25, 0.3) is 5.65 Å². The average Bonchev–Trinajstić information content (AvgIpc) is 2.71. The van der Waals surface area contributed by atoms with Crippen molar-refractivity contribution in [3.8, 4) is 0 Å². The van der Waals surface area contributed by atoms with E-state index in [1.807, 2.05) is 0 Å². The van der Waals surface area contributed by atoms with Gasteiger partial charge in [-0.2, -0.15) is 5.10 Å². The zero-order valence-electron chi connectivity index (χ0n) is 9.11. The highest BCUT2D eigenvalue weighted by atomic mass is 19.3. The summed E-state index contributed by atoms with van der Waals surface area (Å²) in [5.74, 6) is -2.60. The van der Waals surface area contributed by atoms with Gasteiger partial charge in [-0.3, -0.25) is 0 Å². The maximum Gasteiger partial charge on any atom is 0.250 e. The summed E-state index contributed by atoms with van der Waals surface area (Å²) < 4.78 is 27.7. The molecule has 2 aromatic heterocycles. The second kappa shape index (κ2) is 3.22. The fraction of sp³-hybridized carbons (Fsp3) is 0.455. The Kier molecular flexibility index (Phi) is 2.01. The maximum absolute atomic E-state index is 13.1. The Bertz CT molecular complexity index is 555. The molecule has 2 aromatic rings. The first-order valence-electron chi connectivity index (χ1n) is 5.43. The Morgan fingerprint density at radius 2 is 2.18 bits per heavy atom. The third-order valence-corrected chi connectivity index (χ3v) is 3.44. The van der Waals surface area contributed by atoms with Crippen molar-refractivity contribution in [2.45, 2.75) is 24.2 Å². The Morgan fingerprint density at radius 1 is 1.41 bits per heavy atom. The Hall–Kier alpha value is -1.56. The van der Waals surface area contributed by atoms with E-state index >= 15 is 0 Å². The molecular formula is C11H12F2N4. The number of halogens is 2. The van der Waals surface area contributed by atoms with E-state index in [0.717, 1.165) is 5.56 Å². The van der Waals surface area contributed by atoms with Crippen LogP contribution in [-0.2, 0) is 5.41 Å². The van der Waals surface area contributed by atoms with Crippen molar-refractivity contribution < 1.29 is 8.78 Å². The fourth-order valence-corrected chi connectivity index (χ4v) is 2.49. The van der Waals surface area contributed by atoms with Gasteiger partial charge in [-0.1, -0.05) is 0 Å². The molecule has 0 aromatic carbocycles. The van der Waals surface area contributed by atoms with Gasteiger partial charge in [0.25, 0.3) is 0 Å². The summed E-state index contributed by atoms with van der Waals surface area (Å²) in [6, 6.07) is 1.76. The molecule has 90 valence electrons. The molecule has 0 bridgehead atoms. The lowest BCUT2D eigenvalue weighted by molar-refractivity contribution is -0.124. The van der Waals surface area contributed by atoms with Crippen LogP contribution >= 0.6 is 0 Å². The van der Waals surface area contributed by atoms with E-state index in [-0.39, 0.29) is 19.4 Å². The minimum absolute atomic E-state index is 0.203. The third kappa shape index (κ3) is 1.51. The summed E-state index contributed by atoms with van der Waals surface area (Å²) >= 11 is 0. The molecule has 0 atom stereocenters. The topological polar surface area (TPSA) is 56.2 Å². The number of hydrogen-bond donors (Lipinski definition) is 1. The lowest BCUT2D eigenvalue weighted by Gasteiger charge is -2.46. The summed E-state index contributed by atoms with van der Waals surface area (Å²) in [6.07, 6.45) is 4.58. The first-order chi connectivity index (χ1) is 8.05. The van der Waals surface area contributed by atoms with Crippen molar-refractivity contribution in [1.82, 2.24) is 14.6 Å². The van der Waals surface area contributed by atoms with Crippen molar-refractivity contribution >= 4 is 5.65 Å². The molecule has 0 radical (unpaired) electrons. The van der Waals surface area contributed by atoms with Crippen molar-refractivity contribution in [3.63, 3.8) is 0 Å². The minimum atomic E-state index is -2.60. The molecule has 2 N–H and O–H groups in total. The number of nitrogens with two attached hydrogens (primary N) is 1. The number of rotatable bonds is 2. The molecule has 2 heterocycles. The molecule has 3 rings (SSSR count). The molecule has 0 unspecified atom stereocenters. The van der Waals surface area contributed by atoms with E-state index in [0.29, 0.717) is 5.65 Å². The van der Waals surface area contributed by atoms with Crippen LogP contribution in [0, 0.1) is 0 Å². The highest BCUT2D eigenvalue weighted by Crippen LogP contribution is 2.52. The SMILES string of the molecule is NCC1(c2cnc3ccnn3c2)CC(F)(F)C1. The second-order valence-electron chi connectivity index (χ2n) is 4.67. The summed E-state index contributed by atoms with van der Waals surface area (Å²) in [6.45, 7) is 0.205. The third-order valence-electron chi connectivity index (χ3n) is 3.44. The second-order valence-corrected chi connectivity index (χ2v) is 4.67. The molecule has 0 amide bonds. The van der Waals surface area contributed by atoms with Gasteiger partial charge < -0.3 is 5.73 Å². The van der Waals surface area contributed by atoms with Crippen LogP contribution in [-0.4, -0.2) is 27.1 Å². The normalized spacial score (nSPS) is 21.4. The van der Waals surface area contributed by atoms with Crippen LogP contribution in [0.4, 0.5) is 8.78 Å². The predicted octanol–water partition coefficient (Wildman–Crippen LogP) is 1.35. The number of nitrogens with zero attached hydrogens (tertiary/aromatic N) is 3. The van der Waals surface area contributed by atoms with Gasteiger partial charge in [0.15, 0.2) is 5.65 Å². The monoisotopic (exact) mass is 238 g/mol. The molecule has 1 saturated carbocycles. The van der Waals surface area contributed by atoms with Crippen LogP contribution in [0.2, 0.25) is 0 Å². The summed E-state index contributed by atoms with van der Waals surface area (Å²) in [5, 5.41) is 4.05. The van der Waals surface area contributed by atoms with Gasteiger partial charge in [-0.05, 0) is 5.56 Å². The van der Waals surface area contributed by atoms with Crippen LogP contribution in [0.15, 0.2) is 24.7 Å². The molecule has 4 nitrogen and oxygen atoms in total. The highest BCUT2D eigenvalue weighted by molar-refractivity contribution is 5.38. The Morgan fingerprint density at radius 3 is 2.82 bits per heavy atom. The fourth-order valence-electron chi connectivity index (χ4n) is 2.49. The lowest BCUT2D eigenvalue weighted by Crippen LogP contribution is -2.53. The van der Waals surface area contributed by atoms with Crippen LogP contribution in [0.5, 0.6) is 0 Å². The molecule has 6 heteroatoms. The zero-order chi connectivity index (χ0) is 12.1. The van der Waals surface area contributed by atoms with E-state index in [1.54, 1.807) is 29.2 Å². The highest BCUT2D eigenvalue weighted by Gasteiger charge is 2.56. The van der Waals surface area contributed by atoms with Crippen LogP contribution in [0.3, 0.4) is 0 Å². The van der Waals surface area contributed by atoms with Crippen molar-refractivity contribution in [1.29, 1.82) is 0 Å². The van der Waals surface area contributed by atoms with E-state index in [9.17, 15) is 8.78 Å². The molecule has 0 saturated heterocycles. The number of hydrogen-bond acceptors (Lipinski definition) is 3. The van der Waals surface area contributed by atoms with Crippen LogP contribution in [0.1, 0.15) is 18.4 Å². The molecule has 1 aliphatic carbocycles. The number of fused-ring (bicyclic) bond motifs is 1. The Labute approximate surface area is 96.4 Å². The summed E-state index contributed by atoms with van der Waals surface area (Å²) in [4.78, 5) is 4.18. The predicted molar refractivity (Wildman–Crippen MR) is 57.9 cm³/mol. The van der Waals surface area contributed by atoms with Gasteiger partial charge in [0.05, 0.1) is 6.20 Å². The van der Waals surface area contributed by atoms with Gasteiger partial charge in [-0.25, -0.2) is 18.3 Å². The average molecular weight is 238 g/mol. The molecule has 1 aliphatic rings. The van der Waals surface area contributed by atoms with Crippen molar-refractivity contribution in [2.24, 2.45) is 5.73 Å². The summed E-state index contributed by atoms with van der Waals surface area (Å²) in [5.41, 5.74) is 6.45. The smallest absolute Gasteiger partial charge is 0.250 e. The lowest BCUT2D eigenvalue weighted by atomic mass is 9.63. The molecule has 0 spiro atoms. The number of aromatic nitrogens is 3. The van der Waals surface area contributed by atoms with Crippen LogP contribution < -0.4 is 5.73 Å². The van der Waals surface area contributed by atoms with Crippen molar-refractivity contribution in [2.75, 3.05) is 6.54 Å². The minimum Gasteiger partial charge on any atom is -0.330 e.